The van der Waals surface area contributed by atoms with Crippen molar-refractivity contribution in [3.05, 3.63) is 35.7 Å². The number of alkyl halides is 5. The number of nitrogens with zero attached hydrogens (tertiary/aromatic N) is 5. The summed E-state index contributed by atoms with van der Waals surface area (Å²) in [6, 6.07) is 2.25. The van der Waals surface area contributed by atoms with Crippen LogP contribution in [0.5, 0.6) is 0 Å². The highest BCUT2D eigenvalue weighted by atomic mass is 19.4. The highest BCUT2D eigenvalue weighted by Gasteiger charge is 2.56. The maximum absolute atomic E-state index is 13.6. The van der Waals surface area contributed by atoms with Gasteiger partial charge in [0, 0.05) is 30.4 Å². The Balaban J connectivity index is 1.40. The molecule has 6 rings (SSSR count). The second-order valence-electron chi connectivity index (χ2n) is 9.43. The molecular formula is C22H24F5N5O. The molecular weight excluding hydrogens is 445 g/mol. The molecule has 2 heterocycles. The van der Waals surface area contributed by atoms with E-state index in [-0.39, 0.29) is 28.9 Å². The van der Waals surface area contributed by atoms with E-state index in [9.17, 15) is 22.0 Å². The average molecular weight is 469 g/mol. The predicted molar refractivity (Wildman–Crippen MR) is 109 cm³/mol. The lowest BCUT2D eigenvalue weighted by Gasteiger charge is -2.51. The SMILES string of the molecule is Cn1c(-c2ccccc2C(F)(F)F)nnc1C12CCC(C3=NCN(C(C)(F)F)O3)(CC1)CC2. The largest absolute Gasteiger partial charge is 0.417 e. The fraction of sp³-hybridized carbons (Fsp3) is 0.591. The Morgan fingerprint density at radius 3 is 2.09 bits per heavy atom. The summed E-state index contributed by atoms with van der Waals surface area (Å²) in [6.45, 7) is 0.579. The van der Waals surface area contributed by atoms with Crippen LogP contribution in [-0.2, 0) is 23.5 Å². The Labute approximate surface area is 187 Å². The normalized spacial score (nSPS) is 28.2. The summed E-state index contributed by atoms with van der Waals surface area (Å²) in [5.74, 6) is 1.22. The number of aliphatic imine (C=N–C) groups is 1. The lowest BCUT2D eigenvalue weighted by atomic mass is 9.53. The molecule has 1 aromatic carbocycles. The molecule has 0 radical (unpaired) electrons. The van der Waals surface area contributed by atoms with Crippen molar-refractivity contribution in [1.29, 1.82) is 0 Å². The van der Waals surface area contributed by atoms with Gasteiger partial charge in [-0.15, -0.1) is 10.2 Å². The molecule has 33 heavy (non-hydrogen) atoms. The molecule has 3 saturated carbocycles. The van der Waals surface area contributed by atoms with Crippen LogP contribution in [0.4, 0.5) is 22.0 Å². The summed E-state index contributed by atoms with van der Waals surface area (Å²) in [7, 11) is 1.70. The first kappa shape index (κ1) is 22.2. The van der Waals surface area contributed by atoms with Gasteiger partial charge in [-0.05, 0) is 44.6 Å². The number of hydrogen-bond donors (Lipinski definition) is 0. The Morgan fingerprint density at radius 1 is 0.909 bits per heavy atom. The van der Waals surface area contributed by atoms with Crippen LogP contribution in [0.15, 0.2) is 29.3 Å². The second kappa shape index (κ2) is 7.22. The van der Waals surface area contributed by atoms with E-state index in [4.69, 9.17) is 4.84 Å². The number of halogens is 5. The van der Waals surface area contributed by atoms with E-state index in [1.807, 2.05) is 0 Å². The van der Waals surface area contributed by atoms with Gasteiger partial charge in [-0.25, -0.2) is 4.99 Å². The third kappa shape index (κ3) is 3.51. The summed E-state index contributed by atoms with van der Waals surface area (Å²) >= 11 is 0. The van der Waals surface area contributed by atoms with Crippen LogP contribution in [0.3, 0.4) is 0 Å². The van der Waals surface area contributed by atoms with Gasteiger partial charge in [0.2, 0.25) is 5.90 Å². The topological polar surface area (TPSA) is 55.5 Å². The van der Waals surface area contributed by atoms with Crippen LogP contribution in [0.25, 0.3) is 11.4 Å². The van der Waals surface area contributed by atoms with E-state index in [1.54, 1.807) is 17.7 Å². The van der Waals surface area contributed by atoms with Crippen molar-refractivity contribution >= 4 is 5.90 Å². The van der Waals surface area contributed by atoms with Gasteiger partial charge in [0.15, 0.2) is 5.82 Å². The van der Waals surface area contributed by atoms with Gasteiger partial charge in [0.1, 0.15) is 12.5 Å². The lowest BCUT2D eigenvalue weighted by Crippen LogP contribution is -2.50. The predicted octanol–water partition coefficient (Wildman–Crippen LogP) is 5.31. The van der Waals surface area contributed by atoms with Gasteiger partial charge in [0.05, 0.1) is 5.56 Å². The third-order valence-corrected chi connectivity index (χ3v) is 7.50. The first-order chi connectivity index (χ1) is 15.5. The Morgan fingerprint density at radius 2 is 1.52 bits per heavy atom. The quantitative estimate of drug-likeness (QED) is 0.450. The van der Waals surface area contributed by atoms with E-state index in [0.717, 1.165) is 13.0 Å². The molecule has 3 aliphatic carbocycles. The third-order valence-electron chi connectivity index (χ3n) is 7.50. The van der Waals surface area contributed by atoms with Crippen LogP contribution in [-0.4, -0.2) is 38.4 Å². The Hall–Kier alpha value is -2.56. The average Bonchev–Trinajstić information content (AvgIpc) is 3.42. The summed E-state index contributed by atoms with van der Waals surface area (Å²) in [6.07, 6.45) is -0.287. The van der Waals surface area contributed by atoms with Crippen molar-refractivity contribution in [2.24, 2.45) is 17.5 Å². The molecule has 6 nitrogen and oxygen atoms in total. The summed E-state index contributed by atoms with van der Waals surface area (Å²) < 4.78 is 69.5. The molecule has 0 atom stereocenters. The standard InChI is InChI=1S/C22H24F5N5O/c1-19(23,24)32-13-28-18(33-32)21-10-7-20(8-11-21,9-12-21)17-30-29-16(31(17)2)14-5-3-4-6-15(14)22(25,26)27/h3-6H,7-13H2,1-2H3. The van der Waals surface area contributed by atoms with Gasteiger partial charge in [-0.2, -0.15) is 22.0 Å². The van der Waals surface area contributed by atoms with Crippen LogP contribution < -0.4 is 0 Å². The Kier molecular flexibility index (Phi) is 4.86. The molecule has 0 N–H and O–H groups in total. The summed E-state index contributed by atoms with van der Waals surface area (Å²) in [5.41, 5.74) is -1.45. The van der Waals surface area contributed by atoms with Gasteiger partial charge < -0.3 is 9.40 Å². The molecule has 0 saturated heterocycles. The van der Waals surface area contributed by atoms with E-state index >= 15 is 0 Å². The molecule has 1 aromatic heterocycles. The van der Waals surface area contributed by atoms with Crippen LogP contribution in [0.2, 0.25) is 0 Å². The van der Waals surface area contributed by atoms with Gasteiger partial charge in [-0.3, -0.25) is 0 Å². The van der Waals surface area contributed by atoms with E-state index in [0.29, 0.717) is 55.3 Å². The number of hydroxylamine groups is 2. The first-order valence-corrected chi connectivity index (χ1v) is 10.9. The zero-order valence-corrected chi connectivity index (χ0v) is 18.3. The molecule has 4 aliphatic rings. The lowest BCUT2D eigenvalue weighted by molar-refractivity contribution is -0.258. The minimum atomic E-state index is -4.50. The van der Waals surface area contributed by atoms with Crippen molar-refractivity contribution in [1.82, 2.24) is 19.8 Å². The molecule has 178 valence electrons. The highest BCUT2D eigenvalue weighted by molar-refractivity contribution is 5.84. The smallest absolute Gasteiger partial charge is 0.383 e. The van der Waals surface area contributed by atoms with Gasteiger partial charge >= 0.3 is 12.2 Å². The van der Waals surface area contributed by atoms with Crippen LogP contribution in [0.1, 0.15) is 56.8 Å². The van der Waals surface area contributed by atoms with E-state index < -0.39 is 17.8 Å². The molecule has 1 aliphatic heterocycles. The number of benzene rings is 1. The zero-order valence-electron chi connectivity index (χ0n) is 18.3. The molecule has 0 amide bonds. The van der Waals surface area contributed by atoms with Crippen molar-refractivity contribution < 1.29 is 26.8 Å². The van der Waals surface area contributed by atoms with Crippen molar-refractivity contribution in [2.45, 2.75) is 63.1 Å². The van der Waals surface area contributed by atoms with Crippen LogP contribution >= 0.6 is 0 Å². The fourth-order valence-electron chi connectivity index (χ4n) is 5.55. The maximum atomic E-state index is 13.6. The van der Waals surface area contributed by atoms with Gasteiger partial charge in [0.25, 0.3) is 0 Å². The number of aromatic nitrogens is 3. The molecule has 2 aromatic rings. The first-order valence-electron chi connectivity index (χ1n) is 10.9. The molecule has 2 bridgehead atoms. The second-order valence-corrected chi connectivity index (χ2v) is 9.43. The molecule has 11 heteroatoms. The van der Waals surface area contributed by atoms with Crippen molar-refractivity contribution in [2.75, 3.05) is 6.67 Å². The van der Waals surface area contributed by atoms with Crippen molar-refractivity contribution in [3.8, 4) is 11.4 Å². The van der Waals surface area contributed by atoms with Crippen molar-refractivity contribution in [3.63, 3.8) is 0 Å². The minimum Gasteiger partial charge on any atom is -0.383 e. The van der Waals surface area contributed by atoms with Crippen LogP contribution in [0, 0.1) is 5.41 Å². The Bertz CT molecular complexity index is 1080. The summed E-state index contributed by atoms with van der Waals surface area (Å²) in [5, 5.41) is 9.10. The molecule has 0 spiro atoms. The highest BCUT2D eigenvalue weighted by Crippen LogP contribution is 2.58. The monoisotopic (exact) mass is 469 g/mol. The van der Waals surface area contributed by atoms with E-state index in [2.05, 4.69) is 15.2 Å². The number of rotatable bonds is 4. The zero-order chi connectivity index (χ0) is 23.6. The maximum Gasteiger partial charge on any atom is 0.417 e. The number of fused-ring (bicyclic) bond motifs is 3. The summed E-state index contributed by atoms with van der Waals surface area (Å²) in [4.78, 5) is 9.71. The molecule has 3 fully saturated rings. The fourth-order valence-corrected chi connectivity index (χ4v) is 5.55. The van der Waals surface area contributed by atoms with E-state index in [1.165, 1.54) is 12.1 Å². The van der Waals surface area contributed by atoms with Gasteiger partial charge in [-0.1, -0.05) is 23.3 Å². The molecule has 0 unspecified atom stereocenters. The number of hydrogen-bond acceptors (Lipinski definition) is 5. The minimum absolute atomic E-state index is 0.00193.